The van der Waals surface area contributed by atoms with E-state index in [2.05, 4.69) is 24.1 Å². The molecule has 1 saturated heterocycles. The number of carbonyl (C=O) groups excluding carboxylic acids is 1. The van der Waals surface area contributed by atoms with Crippen molar-refractivity contribution in [3.05, 3.63) is 35.9 Å². The molecule has 1 aliphatic rings. The molecule has 2 atom stereocenters. The summed E-state index contributed by atoms with van der Waals surface area (Å²) in [6.45, 7) is 4.27. The van der Waals surface area contributed by atoms with Crippen LogP contribution < -0.4 is 5.73 Å². The Bertz CT molecular complexity index is 405. The average molecular weight is 247 g/mol. The van der Waals surface area contributed by atoms with Gasteiger partial charge in [0.25, 0.3) is 0 Å². The van der Waals surface area contributed by atoms with Crippen molar-refractivity contribution in [3.8, 4) is 0 Å². The molecule has 1 aliphatic heterocycles. The number of likely N-dealkylation sites (N-methyl/N-ethyl adjacent to an activating group) is 1. The van der Waals surface area contributed by atoms with E-state index in [1.807, 2.05) is 23.1 Å². The Morgan fingerprint density at radius 2 is 2.00 bits per heavy atom. The summed E-state index contributed by atoms with van der Waals surface area (Å²) in [4.78, 5) is 16.3. The number of amides is 1. The first-order valence-corrected chi connectivity index (χ1v) is 6.39. The molecule has 2 unspecified atom stereocenters. The largest absolute Gasteiger partial charge is 0.332 e. The van der Waals surface area contributed by atoms with Crippen molar-refractivity contribution >= 4 is 5.91 Å². The third-order valence-electron chi connectivity index (χ3n) is 3.44. The second-order valence-corrected chi connectivity index (χ2v) is 5.01. The molecule has 2 N–H and O–H groups in total. The van der Waals surface area contributed by atoms with Crippen molar-refractivity contribution in [1.82, 2.24) is 9.80 Å². The first-order valence-electron chi connectivity index (χ1n) is 6.39. The van der Waals surface area contributed by atoms with Crippen LogP contribution in [0.2, 0.25) is 0 Å². The number of carbonyl (C=O) groups is 1. The molecule has 1 amide bonds. The highest BCUT2D eigenvalue weighted by molar-refractivity contribution is 5.81. The molecule has 0 spiro atoms. The first kappa shape index (κ1) is 13.1. The van der Waals surface area contributed by atoms with Crippen LogP contribution >= 0.6 is 0 Å². The van der Waals surface area contributed by atoms with Crippen LogP contribution in [0.5, 0.6) is 0 Å². The van der Waals surface area contributed by atoms with Crippen LogP contribution in [0.15, 0.2) is 30.3 Å². The molecule has 0 aromatic heterocycles. The number of rotatable bonds is 2. The van der Waals surface area contributed by atoms with Crippen LogP contribution in [-0.4, -0.2) is 48.4 Å². The van der Waals surface area contributed by atoms with Crippen molar-refractivity contribution in [1.29, 1.82) is 0 Å². The molecule has 98 valence electrons. The highest BCUT2D eigenvalue weighted by atomic mass is 16.2. The number of benzene rings is 1. The minimum Gasteiger partial charge on any atom is -0.332 e. The summed E-state index contributed by atoms with van der Waals surface area (Å²) in [5.74, 6) is 0.0388. The summed E-state index contributed by atoms with van der Waals surface area (Å²) in [5.41, 5.74) is 6.92. The minimum atomic E-state index is -0.431. The van der Waals surface area contributed by atoms with Gasteiger partial charge >= 0.3 is 0 Å². The van der Waals surface area contributed by atoms with Crippen LogP contribution in [0.25, 0.3) is 0 Å². The van der Waals surface area contributed by atoms with Crippen LogP contribution in [0.3, 0.4) is 0 Å². The molecule has 0 bridgehead atoms. The fraction of sp³-hybridized carbons (Fsp3) is 0.500. The van der Waals surface area contributed by atoms with Crippen LogP contribution in [0, 0.1) is 0 Å². The Morgan fingerprint density at radius 1 is 1.33 bits per heavy atom. The lowest BCUT2D eigenvalue weighted by Gasteiger charge is -2.41. The normalized spacial score (nSPS) is 22.8. The molecular formula is C14H21N3O. The Morgan fingerprint density at radius 3 is 2.61 bits per heavy atom. The summed E-state index contributed by atoms with van der Waals surface area (Å²) < 4.78 is 0. The summed E-state index contributed by atoms with van der Waals surface area (Å²) in [7, 11) is 2.09. The molecule has 1 aromatic rings. The zero-order chi connectivity index (χ0) is 13.1. The van der Waals surface area contributed by atoms with Gasteiger partial charge in [0.1, 0.15) is 0 Å². The van der Waals surface area contributed by atoms with E-state index in [9.17, 15) is 4.79 Å². The smallest absolute Gasteiger partial charge is 0.239 e. The lowest BCUT2D eigenvalue weighted by atomic mass is 10.0. The fourth-order valence-electron chi connectivity index (χ4n) is 2.41. The van der Waals surface area contributed by atoms with Crippen LogP contribution in [0.4, 0.5) is 0 Å². The van der Waals surface area contributed by atoms with Crippen molar-refractivity contribution in [3.63, 3.8) is 0 Å². The third kappa shape index (κ3) is 2.71. The number of nitrogens with zero attached hydrogens (tertiary/aromatic N) is 2. The third-order valence-corrected chi connectivity index (χ3v) is 3.44. The maximum absolute atomic E-state index is 12.2. The number of nitrogens with two attached hydrogens (primary N) is 1. The molecule has 1 heterocycles. The zero-order valence-electron chi connectivity index (χ0n) is 11.0. The van der Waals surface area contributed by atoms with Gasteiger partial charge in [-0.1, -0.05) is 30.3 Å². The number of piperazine rings is 1. The molecule has 1 aromatic carbocycles. The van der Waals surface area contributed by atoms with Crippen LogP contribution in [0.1, 0.15) is 18.5 Å². The summed E-state index contributed by atoms with van der Waals surface area (Å²) in [6.07, 6.45) is 0. The van der Waals surface area contributed by atoms with Crippen molar-refractivity contribution in [2.75, 3.05) is 26.7 Å². The monoisotopic (exact) mass is 247 g/mol. The second kappa shape index (κ2) is 5.50. The van der Waals surface area contributed by atoms with Gasteiger partial charge in [0.05, 0.1) is 12.1 Å². The van der Waals surface area contributed by atoms with Crippen molar-refractivity contribution in [2.24, 2.45) is 5.73 Å². The second-order valence-electron chi connectivity index (χ2n) is 5.01. The van der Waals surface area contributed by atoms with E-state index in [4.69, 9.17) is 5.73 Å². The topological polar surface area (TPSA) is 49.6 Å². The summed E-state index contributed by atoms with van der Waals surface area (Å²) >= 11 is 0. The van der Waals surface area contributed by atoms with E-state index in [0.29, 0.717) is 0 Å². The van der Waals surface area contributed by atoms with Crippen molar-refractivity contribution < 1.29 is 4.79 Å². The highest BCUT2D eigenvalue weighted by Gasteiger charge is 2.31. The van der Waals surface area contributed by atoms with Gasteiger partial charge in [0, 0.05) is 19.6 Å². The maximum Gasteiger partial charge on any atom is 0.239 e. The lowest BCUT2D eigenvalue weighted by Crippen LogP contribution is -2.53. The highest BCUT2D eigenvalue weighted by Crippen LogP contribution is 2.25. The summed E-state index contributed by atoms with van der Waals surface area (Å²) in [5, 5.41) is 0. The fourth-order valence-corrected chi connectivity index (χ4v) is 2.41. The molecule has 4 nitrogen and oxygen atoms in total. The molecule has 2 rings (SSSR count). The SMILES string of the molecule is CC(N)C(=O)N1CCN(C)CC1c1ccccc1. The van der Waals surface area contributed by atoms with E-state index >= 15 is 0 Å². The summed E-state index contributed by atoms with van der Waals surface area (Å²) in [6, 6.07) is 9.85. The molecule has 0 saturated carbocycles. The van der Waals surface area contributed by atoms with Gasteiger partial charge in [-0.2, -0.15) is 0 Å². The molecular weight excluding hydrogens is 226 g/mol. The molecule has 4 heteroatoms. The lowest BCUT2D eigenvalue weighted by molar-refractivity contribution is -0.137. The maximum atomic E-state index is 12.2. The minimum absolute atomic E-state index is 0.0388. The first-order chi connectivity index (χ1) is 8.59. The van der Waals surface area contributed by atoms with E-state index in [1.165, 1.54) is 5.56 Å². The van der Waals surface area contributed by atoms with E-state index in [1.54, 1.807) is 6.92 Å². The van der Waals surface area contributed by atoms with E-state index in [-0.39, 0.29) is 11.9 Å². The molecule has 0 radical (unpaired) electrons. The van der Waals surface area contributed by atoms with E-state index < -0.39 is 6.04 Å². The predicted molar refractivity (Wildman–Crippen MR) is 72.0 cm³/mol. The Balaban J connectivity index is 2.24. The van der Waals surface area contributed by atoms with Gasteiger partial charge in [0.2, 0.25) is 5.91 Å². The Labute approximate surface area is 108 Å². The number of hydrogen-bond donors (Lipinski definition) is 1. The zero-order valence-corrected chi connectivity index (χ0v) is 11.0. The predicted octanol–water partition coefficient (Wildman–Crippen LogP) is 0.849. The average Bonchev–Trinajstić information content (AvgIpc) is 2.39. The Kier molecular flexibility index (Phi) is 3.99. The molecule has 18 heavy (non-hydrogen) atoms. The van der Waals surface area contributed by atoms with Gasteiger partial charge < -0.3 is 15.5 Å². The van der Waals surface area contributed by atoms with Gasteiger partial charge in [-0.05, 0) is 19.5 Å². The van der Waals surface area contributed by atoms with E-state index in [0.717, 1.165) is 19.6 Å². The standard InChI is InChI=1S/C14H21N3O/c1-11(15)14(18)17-9-8-16(2)10-13(17)12-6-4-3-5-7-12/h3-7,11,13H,8-10,15H2,1-2H3. The van der Waals surface area contributed by atoms with Gasteiger partial charge in [-0.15, -0.1) is 0 Å². The molecule has 0 aliphatic carbocycles. The van der Waals surface area contributed by atoms with Gasteiger partial charge in [-0.3, -0.25) is 4.79 Å². The number of hydrogen-bond acceptors (Lipinski definition) is 3. The quantitative estimate of drug-likeness (QED) is 0.843. The van der Waals surface area contributed by atoms with Crippen molar-refractivity contribution in [2.45, 2.75) is 19.0 Å². The molecule has 1 fully saturated rings. The van der Waals surface area contributed by atoms with Crippen LogP contribution in [-0.2, 0) is 4.79 Å². The Hall–Kier alpha value is -1.39. The van der Waals surface area contributed by atoms with Gasteiger partial charge in [-0.25, -0.2) is 0 Å². The van der Waals surface area contributed by atoms with Gasteiger partial charge in [0.15, 0.2) is 0 Å².